The molecule has 5 nitrogen and oxygen atoms in total. The first-order valence-electron chi connectivity index (χ1n) is 7.19. The van der Waals surface area contributed by atoms with Crippen molar-refractivity contribution in [3.63, 3.8) is 0 Å². The van der Waals surface area contributed by atoms with Crippen LogP contribution in [0.15, 0.2) is 56.3 Å². The molecule has 0 atom stereocenters. The number of esters is 1. The molecule has 0 aliphatic rings. The van der Waals surface area contributed by atoms with E-state index >= 15 is 0 Å². The van der Waals surface area contributed by atoms with Crippen LogP contribution in [-0.2, 0) is 4.79 Å². The third kappa shape index (κ3) is 3.04. The highest BCUT2D eigenvalue weighted by atomic mass is 16.5. The first-order valence-corrected chi connectivity index (χ1v) is 7.19. The molecule has 0 fully saturated rings. The third-order valence-electron chi connectivity index (χ3n) is 3.29. The van der Waals surface area contributed by atoms with Gasteiger partial charge in [0.15, 0.2) is 16.9 Å². The Kier molecular flexibility index (Phi) is 3.56. The standard InChI is InChI=1S/C18H16O5/c1-18(2,3)17(20)22-11-6-7-14-12(9-11)13(19)10-16(23-14)15-5-4-8-21-15/h4-10H,1-3H3. The number of ether oxygens (including phenoxy) is 1. The normalized spacial score (nSPS) is 11.6. The molecule has 0 saturated carbocycles. The molecule has 0 N–H and O–H groups in total. The van der Waals surface area contributed by atoms with Crippen molar-refractivity contribution in [3.8, 4) is 17.3 Å². The van der Waals surface area contributed by atoms with Crippen molar-refractivity contribution in [1.82, 2.24) is 0 Å². The maximum atomic E-state index is 12.3. The molecule has 0 amide bonds. The summed E-state index contributed by atoms with van der Waals surface area (Å²) in [4.78, 5) is 24.2. The zero-order valence-electron chi connectivity index (χ0n) is 13.1. The molecule has 23 heavy (non-hydrogen) atoms. The van der Waals surface area contributed by atoms with Gasteiger partial charge in [-0.1, -0.05) is 0 Å². The Labute approximate surface area is 132 Å². The van der Waals surface area contributed by atoms with E-state index in [-0.39, 0.29) is 11.4 Å². The monoisotopic (exact) mass is 312 g/mol. The smallest absolute Gasteiger partial charge is 0.316 e. The topological polar surface area (TPSA) is 69.7 Å². The largest absolute Gasteiger partial charge is 0.461 e. The highest BCUT2D eigenvalue weighted by Gasteiger charge is 2.24. The Morgan fingerprint density at radius 1 is 1.09 bits per heavy atom. The number of rotatable bonds is 2. The molecule has 0 saturated heterocycles. The molecule has 5 heteroatoms. The molecule has 3 rings (SSSR count). The number of benzene rings is 1. The highest BCUT2D eigenvalue weighted by Crippen LogP contribution is 2.26. The number of hydrogen-bond acceptors (Lipinski definition) is 5. The van der Waals surface area contributed by atoms with Crippen molar-refractivity contribution in [2.24, 2.45) is 5.41 Å². The number of fused-ring (bicyclic) bond motifs is 1. The molecule has 0 aliphatic heterocycles. The Bertz CT molecular complexity index is 911. The summed E-state index contributed by atoms with van der Waals surface area (Å²) in [6.07, 6.45) is 1.51. The van der Waals surface area contributed by atoms with Gasteiger partial charge in [-0.15, -0.1) is 0 Å². The lowest BCUT2D eigenvalue weighted by atomic mass is 9.97. The van der Waals surface area contributed by atoms with Gasteiger partial charge in [0.1, 0.15) is 11.3 Å². The van der Waals surface area contributed by atoms with Gasteiger partial charge in [-0.2, -0.15) is 0 Å². The van der Waals surface area contributed by atoms with Crippen molar-refractivity contribution in [2.45, 2.75) is 20.8 Å². The second-order valence-corrected chi connectivity index (χ2v) is 6.25. The number of furan rings is 1. The molecular weight excluding hydrogens is 296 g/mol. The molecule has 0 bridgehead atoms. The van der Waals surface area contributed by atoms with Gasteiger partial charge in [0, 0.05) is 6.07 Å². The summed E-state index contributed by atoms with van der Waals surface area (Å²) in [5.74, 6) is 0.781. The van der Waals surface area contributed by atoms with Gasteiger partial charge in [0.25, 0.3) is 0 Å². The van der Waals surface area contributed by atoms with E-state index in [1.807, 2.05) is 0 Å². The Hall–Kier alpha value is -2.82. The second kappa shape index (κ2) is 5.43. The molecule has 1 aromatic carbocycles. The minimum Gasteiger partial charge on any atom is -0.461 e. The fourth-order valence-corrected chi connectivity index (χ4v) is 2.00. The van der Waals surface area contributed by atoms with Crippen LogP contribution in [0.25, 0.3) is 22.5 Å². The molecule has 2 heterocycles. The quantitative estimate of drug-likeness (QED) is 0.528. The van der Waals surface area contributed by atoms with E-state index in [1.54, 1.807) is 45.0 Å². The first-order chi connectivity index (χ1) is 10.8. The van der Waals surface area contributed by atoms with Crippen LogP contribution in [0.4, 0.5) is 0 Å². The maximum absolute atomic E-state index is 12.3. The minimum absolute atomic E-state index is 0.230. The molecular formula is C18H16O5. The van der Waals surface area contributed by atoms with Crippen LogP contribution in [0, 0.1) is 5.41 Å². The van der Waals surface area contributed by atoms with Crippen LogP contribution in [0.3, 0.4) is 0 Å². The highest BCUT2D eigenvalue weighted by molar-refractivity contribution is 5.82. The molecule has 118 valence electrons. The van der Waals surface area contributed by atoms with Crippen molar-refractivity contribution in [2.75, 3.05) is 0 Å². The van der Waals surface area contributed by atoms with Gasteiger partial charge < -0.3 is 13.6 Å². The fraction of sp³-hybridized carbons (Fsp3) is 0.222. The third-order valence-corrected chi connectivity index (χ3v) is 3.29. The molecule has 3 aromatic rings. The van der Waals surface area contributed by atoms with E-state index in [2.05, 4.69) is 0 Å². The van der Waals surface area contributed by atoms with Gasteiger partial charge in [-0.25, -0.2) is 0 Å². The van der Waals surface area contributed by atoms with Crippen LogP contribution in [0.5, 0.6) is 5.75 Å². The van der Waals surface area contributed by atoms with Crippen molar-refractivity contribution >= 4 is 16.9 Å². The number of hydrogen-bond donors (Lipinski definition) is 0. The average molecular weight is 312 g/mol. The first kappa shape index (κ1) is 15.1. The summed E-state index contributed by atoms with van der Waals surface area (Å²) in [6.45, 7) is 5.29. The van der Waals surface area contributed by atoms with E-state index < -0.39 is 5.41 Å². The summed E-state index contributed by atoms with van der Waals surface area (Å²) in [6, 6.07) is 9.50. The van der Waals surface area contributed by atoms with E-state index in [4.69, 9.17) is 13.6 Å². The van der Waals surface area contributed by atoms with E-state index in [1.165, 1.54) is 18.4 Å². The lowest BCUT2D eigenvalue weighted by Gasteiger charge is -2.16. The summed E-state index contributed by atoms with van der Waals surface area (Å²) in [5.41, 5.74) is -0.450. The van der Waals surface area contributed by atoms with Crippen LogP contribution >= 0.6 is 0 Å². The van der Waals surface area contributed by atoms with Gasteiger partial charge in [-0.05, 0) is 51.1 Å². The minimum atomic E-state index is -0.622. The van der Waals surface area contributed by atoms with Gasteiger partial charge in [0.05, 0.1) is 17.1 Å². The summed E-state index contributed by atoms with van der Waals surface area (Å²) < 4.78 is 16.2. The Morgan fingerprint density at radius 3 is 2.52 bits per heavy atom. The zero-order valence-corrected chi connectivity index (χ0v) is 13.1. The van der Waals surface area contributed by atoms with Crippen molar-refractivity contribution in [1.29, 1.82) is 0 Å². The molecule has 0 unspecified atom stereocenters. The van der Waals surface area contributed by atoms with Crippen LogP contribution in [0.2, 0.25) is 0 Å². The van der Waals surface area contributed by atoms with Crippen LogP contribution in [0.1, 0.15) is 20.8 Å². The predicted molar refractivity (Wildman–Crippen MR) is 85.3 cm³/mol. The van der Waals surface area contributed by atoms with Crippen molar-refractivity contribution in [3.05, 3.63) is 52.9 Å². The molecule has 0 radical (unpaired) electrons. The molecule has 2 aromatic heterocycles. The SMILES string of the molecule is CC(C)(C)C(=O)Oc1ccc2oc(-c3ccco3)cc(=O)c2c1. The lowest BCUT2D eigenvalue weighted by Crippen LogP contribution is -2.25. The predicted octanol–water partition coefficient (Wildman–Crippen LogP) is 4.00. The Balaban J connectivity index is 2.01. The molecule has 0 spiro atoms. The summed E-state index contributed by atoms with van der Waals surface area (Å²) >= 11 is 0. The van der Waals surface area contributed by atoms with Gasteiger partial charge >= 0.3 is 5.97 Å². The zero-order chi connectivity index (χ0) is 16.6. The summed E-state index contributed by atoms with van der Waals surface area (Å²) in [5, 5.41) is 0.347. The Morgan fingerprint density at radius 2 is 1.87 bits per heavy atom. The number of carbonyl (C=O) groups excluding carboxylic acids is 1. The second-order valence-electron chi connectivity index (χ2n) is 6.25. The van der Waals surface area contributed by atoms with Gasteiger partial charge in [0.2, 0.25) is 0 Å². The van der Waals surface area contributed by atoms with Gasteiger partial charge in [-0.3, -0.25) is 9.59 Å². The van der Waals surface area contributed by atoms with E-state index in [0.717, 1.165) is 0 Å². The van der Waals surface area contributed by atoms with E-state index in [9.17, 15) is 9.59 Å². The van der Waals surface area contributed by atoms with Crippen LogP contribution in [-0.4, -0.2) is 5.97 Å². The fourth-order valence-electron chi connectivity index (χ4n) is 2.00. The summed E-state index contributed by atoms with van der Waals surface area (Å²) in [7, 11) is 0. The molecule has 0 aliphatic carbocycles. The number of carbonyl (C=O) groups is 1. The maximum Gasteiger partial charge on any atom is 0.316 e. The van der Waals surface area contributed by atoms with Crippen LogP contribution < -0.4 is 10.2 Å². The van der Waals surface area contributed by atoms with Crippen molar-refractivity contribution < 1.29 is 18.4 Å². The van der Waals surface area contributed by atoms with E-state index in [0.29, 0.717) is 28.2 Å². The average Bonchev–Trinajstić information content (AvgIpc) is 3.01. The lowest BCUT2D eigenvalue weighted by molar-refractivity contribution is -0.142.